The van der Waals surface area contributed by atoms with Crippen molar-refractivity contribution in [2.45, 2.75) is 45.1 Å². The zero-order valence-corrected chi connectivity index (χ0v) is 13.8. The quantitative estimate of drug-likeness (QED) is 0.799. The molecule has 0 bridgehead atoms. The largest absolute Gasteiger partial charge is 0.267 e. The fourth-order valence-electron chi connectivity index (χ4n) is 2.85. The van der Waals surface area contributed by atoms with Crippen molar-refractivity contribution in [1.29, 1.82) is 0 Å². The van der Waals surface area contributed by atoms with Crippen molar-refractivity contribution in [1.82, 2.24) is 14.1 Å². The van der Waals surface area contributed by atoms with Crippen LogP contribution in [0.1, 0.15) is 31.2 Å². The van der Waals surface area contributed by atoms with Crippen LogP contribution >= 0.6 is 11.6 Å². The zero-order chi connectivity index (χ0) is 14.9. The Kier molecular flexibility index (Phi) is 4.76. The lowest BCUT2D eigenvalue weighted by atomic mass is 10.0. The summed E-state index contributed by atoms with van der Waals surface area (Å²) >= 11 is 5.73. The highest BCUT2D eigenvalue weighted by molar-refractivity contribution is 7.89. The van der Waals surface area contributed by atoms with Gasteiger partial charge in [-0.3, -0.25) is 4.68 Å². The Morgan fingerprint density at radius 3 is 2.70 bits per heavy atom. The van der Waals surface area contributed by atoms with Gasteiger partial charge in [0.25, 0.3) is 0 Å². The van der Waals surface area contributed by atoms with Crippen LogP contribution in [0.25, 0.3) is 0 Å². The zero-order valence-electron chi connectivity index (χ0n) is 12.3. The summed E-state index contributed by atoms with van der Waals surface area (Å²) in [5, 5.41) is 4.31. The van der Waals surface area contributed by atoms with Gasteiger partial charge in [0.2, 0.25) is 10.0 Å². The average molecular weight is 320 g/mol. The van der Waals surface area contributed by atoms with Crippen molar-refractivity contribution in [3.05, 3.63) is 11.4 Å². The van der Waals surface area contributed by atoms with Gasteiger partial charge >= 0.3 is 0 Å². The third-order valence-electron chi connectivity index (χ3n) is 3.83. The second kappa shape index (κ2) is 6.03. The topological polar surface area (TPSA) is 55.2 Å². The Bertz CT molecular complexity index is 583. The van der Waals surface area contributed by atoms with E-state index in [9.17, 15) is 8.42 Å². The third-order valence-corrected chi connectivity index (χ3v) is 6.12. The number of aromatic nitrogens is 2. The van der Waals surface area contributed by atoms with Gasteiger partial charge in [0.1, 0.15) is 4.90 Å². The molecule has 2 rings (SSSR count). The summed E-state index contributed by atoms with van der Waals surface area (Å²) < 4.78 is 28.9. The molecule has 2 heterocycles. The van der Waals surface area contributed by atoms with E-state index >= 15 is 0 Å². The summed E-state index contributed by atoms with van der Waals surface area (Å²) in [5.74, 6) is 0.833. The van der Waals surface area contributed by atoms with Gasteiger partial charge in [0, 0.05) is 19.0 Å². The fourth-order valence-corrected chi connectivity index (χ4v) is 4.98. The molecule has 1 fully saturated rings. The molecule has 5 nitrogen and oxygen atoms in total. The predicted molar refractivity (Wildman–Crippen MR) is 79.6 cm³/mol. The Morgan fingerprint density at radius 2 is 2.10 bits per heavy atom. The molecule has 114 valence electrons. The summed E-state index contributed by atoms with van der Waals surface area (Å²) in [6, 6.07) is 0. The van der Waals surface area contributed by atoms with E-state index in [-0.39, 0.29) is 0 Å². The van der Waals surface area contributed by atoms with Crippen LogP contribution in [0.2, 0.25) is 0 Å². The van der Waals surface area contributed by atoms with Gasteiger partial charge in [-0.15, -0.1) is 11.6 Å². The molecule has 1 aromatic heterocycles. The maximum atomic E-state index is 12.8. The van der Waals surface area contributed by atoms with Gasteiger partial charge in [-0.2, -0.15) is 9.40 Å². The highest BCUT2D eigenvalue weighted by Crippen LogP contribution is 2.27. The molecule has 0 aliphatic carbocycles. The van der Waals surface area contributed by atoms with Gasteiger partial charge < -0.3 is 0 Å². The fraction of sp³-hybridized carbons (Fsp3) is 0.769. The van der Waals surface area contributed by atoms with Crippen LogP contribution < -0.4 is 0 Å². The standard InChI is InChI=1S/C13H22ClN3O2S/c1-10-5-4-7-16(9-10)20(18,19)13-11(2)15-17(8-6-14)12(13)3/h10H,4-9H2,1-3H3. The maximum Gasteiger partial charge on any atom is 0.246 e. The summed E-state index contributed by atoms with van der Waals surface area (Å²) in [5.41, 5.74) is 1.24. The predicted octanol–water partition coefficient (Wildman–Crippen LogP) is 2.16. The number of hydrogen-bond acceptors (Lipinski definition) is 3. The van der Waals surface area contributed by atoms with Crippen molar-refractivity contribution < 1.29 is 8.42 Å². The minimum Gasteiger partial charge on any atom is -0.267 e. The maximum absolute atomic E-state index is 12.8. The summed E-state index contributed by atoms with van der Waals surface area (Å²) in [6.07, 6.45) is 2.02. The summed E-state index contributed by atoms with van der Waals surface area (Å²) in [6.45, 7) is 7.37. The van der Waals surface area contributed by atoms with Crippen LogP contribution in [0, 0.1) is 19.8 Å². The average Bonchev–Trinajstić information content (AvgIpc) is 2.65. The minimum atomic E-state index is -3.45. The van der Waals surface area contributed by atoms with Crippen LogP contribution in [-0.2, 0) is 16.6 Å². The number of halogens is 1. The highest BCUT2D eigenvalue weighted by atomic mass is 35.5. The van der Waals surface area contributed by atoms with Gasteiger partial charge in [-0.25, -0.2) is 8.42 Å². The second-order valence-electron chi connectivity index (χ2n) is 5.52. The second-order valence-corrected chi connectivity index (χ2v) is 7.78. The molecule has 1 atom stereocenters. The van der Waals surface area contributed by atoms with Gasteiger partial charge in [0.15, 0.2) is 0 Å². The number of nitrogens with zero attached hydrogens (tertiary/aromatic N) is 3. The lowest BCUT2D eigenvalue weighted by molar-refractivity contribution is 0.281. The molecule has 0 N–H and O–H groups in total. The lowest BCUT2D eigenvalue weighted by Gasteiger charge is -2.30. The molecule has 1 aliphatic rings. The first-order valence-corrected chi connectivity index (χ1v) is 8.95. The van der Waals surface area contributed by atoms with Crippen molar-refractivity contribution in [3.8, 4) is 0 Å². The summed E-state index contributed by atoms with van der Waals surface area (Å²) in [7, 11) is -3.45. The molecular formula is C13H22ClN3O2S. The number of alkyl halides is 1. The van der Waals surface area contributed by atoms with Crippen LogP contribution in [0.3, 0.4) is 0 Å². The number of sulfonamides is 1. The van der Waals surface area contributed by atoms with Crippen molar-refractivity contribution in [2.24, 2.45) is 5.92 Å². The molecule has 1 aliphatic heterocycles. The van der Waals surface area contributed by atoms with Crippen molar-refractivity contribution in [2.75, 3.05) is 19.0 Å². The first-order valence-electron chi connectivity index (χ1n) is 6.98. The third kappa shape index (κ3) is 2.87. The van der Waals surface area contributed by atoms with Gasteiger partial charge in [-0.1, -0.05) is 6.92 Å². The molecule has 1 aromatic rings. The molecule has 0 amide bonds. The Hall–Kier alpha value is -0.590. The minimum absolute atomic E-state index is 0.358. The molecule has 0 radical (unpaired) electrons. The molecular weight excluding hydrogens is 298 g/mol. The summed E-state index contributed by atoms with van der Waals surface area (Å²) in [4.78, 5) is 0.358. The SMILES string of the molecule is Cc1nn(CCCl)c(C)c1S(=O)(=O)N1CCCC(C)C1. The molecule has 0 spiro atoms. The molecule has 0 saturated carbocycles. The monoisotopic (exact) mass is 319 g/mol. The van der Waals surface area contributed by atoms with E-state index in [0.717, 1.165) is 12.8 Å². The Balaban J connectivity index is 2.39. The van der Waals surface area contributed by atoms with E-state index in [1.54, 1.807) is 22.8 Å². The molecule has 20 heavy (non-hydrogen) atoms. The number of aryl methyl sites for hydroxylation is 2. The first-order chi connectivity index (χ1) is 9.37. The number of piperidine rings is 1. The van der Waals surface area contributed by atoms with Crippen molar-refractivity contribution >= 4 is 21.6 Å². The van der Waals surface area contributed by atoms with Gasteiger partial charge in [-0.05, 0) is 32.6 Å². The number of hydrogen-bond donors (Lipinski definition) is 0. The molecule has 1 saturated heterocycles. The molecule has 7 heteroatoms. The van der Waals surface area contributed by atoms with E-state index in [4.69, 9.17) is 11.6 Å². The van der Waals surface area contributed by atoms with E-state index in [1.165, 1.54) is 0 Å². The Morgan fingerprint density at radius 1 is 1.40 bits per heavy atom. The van der Waals surface area contributed by atoms with Crippen LogP contribution in [-0.4, -0.2) is 41.5 Å². The van der Waals surface area contributed by atoms with E-state index < -0.39 is 10.0 Å². The Labute approximate surface area is 126 Å². The van der Waals surface area contributed by atoms with Crippen LogP contribution in [0.5, 0.6) is 0 Å². The van der Waals surface area contributed by atoms with Crippen LogP contribution in [0.15, 0.2) is 4.90 Å². The first kappa shape index (κ1) is 15.8. The van der Waals surface area contributed by atoms with E-state index in [2.05, 4.69) is 12.0 Å². The smallest absolute Gasteiger partial charge is 0.246 e. The van der Waals surface area contributed by atoms with Gasteiger partial charge in [0.05, 0.1) is 17.9 Å². The number of rotatable bonds is 4. The van der Waals surface area contributed by atoms with E-state index in [0.29, 0.717) is 47.7 Å². The lowest BCUT2D eigenvalue weighted by Crippen LogP contribution is -2.39. The molecule has 1 unspecified atom stereocenters. The normalized spacial score (nSPS) is 21.3. The van der Waals surface area contributed by atoms with E-state index in [1.807, 2.05) is 0 Å². The highest BCUT2D eigenvalue weighted by Gasteiger charge is 2.33. The molecule has 0 aromatic carbocycles. The van der Waals surface area contributed by atoms with Crippen LogP contribution in [0.4, 0.5) is 0 Å². The van der Waals surface area contributed by atoms with Crippen molar-refractivity contribution in [3.63, 3.8) is 0 Å².